The Bertz CT molecular complexity index is 1810. The fraction of sp³-hybridized carbons (Fsp3) is 0.714. The number of rotatable bonds is 39. The highest BCUT2D eigenvalue weighted by atomic mass is 16.4. The van der Waals surface area contributed by atoms with E-state index in [1.54, 1.807) is 6.92 Å². The summed E-state index contributed by atoms with van der Waals surface area (Å²) in [7, 11) is 0. The first-order valence-corrected chi connectivity index (χ1v) is 23.6. The van der Waals surface area contributed by atoms with E-state index in [0.717, 1.165) is 0 Å². The molecule has 0 aliphatic carbocycles. The van der Waals surface area contributed by atoms with Gasteiger partial charge in [0.1, 0.15) is 42.8 Å². The normalized spacial score (nSPS) is 14.2. The largest absolute Gasteiger partial charge is 0.480 e. The van der Waals surface area contributed by atoms with Crippen molar-refractivity contribution in [2.24, 2.45) is 67.5 Å². The van der Waals surface area contributed by atoms with E-state index in [4.69, 9.17) is 56.7 Å². The highest BCUT2D eigenvalue weighted by molar-refractivity contribution is 5.97. The van der Waals surface area contributed by atoms with Crippen molar-refractivity contribution in [2.75, 3.05) is 32.7 Å². The number of carboxylic acid groups (broad SMARTS) is 1. The molecule has 0 radical (unpaired) electrons. The van der Waals surface area contributed by atoms with E-state index in [1.165, 1.54) is 0 Å². The third kappa shape index (κ3) is 29.0. The van der Waals surface area contributed by atoms with Crippen LogP contribution in [0.15, 0.2) is 9.98 Å². The number of hydrogen-bond acceptors (Lipinski definition) is 15. The van der Waals surface area contributed by atoms with Crippen molar-refractivity contribution in [1.82, 2.24) is 37.2 Å². The van der Waals surface area contributed by atoms with Gasteiger partial charge in [-0.05, 0) is 96.1 Å². The van der Waals surface area contributed by atoms with E-state index in [9.17, 15) is 47.9 Å². The number of aliphatic carboxylic acids is 1. The van der Waals surface area contributed by atoms with Gasteiger partial charge in [-0.3, -0.25) is 57.9 Å². The molecule has 0 saturated carbocycles. The molecule has 8 unspecified atom stereocenters. The van der Waals surface area contributed by atoms with Gasteiger partial charge in [0.25, 0.3) is 0 Å². The van der Waals surface area contributed by atoms with Crippen molar-refractivity contribution in [3.63, 3.8) is 0 Å². The molecule has 0 saturated heterocycles. The number of hydrogen-bond donors (Lipinski definition) is 17. The van der Waals surface area contributed by atoms with Crippen molar-refractivity contribution >= 4 is 71.1 Å². The Labute approximate surface area is 413 Å². The van der Waals surface area contributed by atoms with Crippen LogP contribution in [0.4, 0.5) is 0 Å². The first-order chi connectivity index (χ1) is 33.5. The first kappa shape index (κ1) is 64.1. The summed E-state index contributed by atoms with van der Waals surface area (Å²) in [6, 6.07) is -9.34. The minimum Gasteiger partial charge on any atom is -0.480 e. The molecular formula is C42H80N18O11. The summed E-state index contributed by atoms with van der Waals surface area (Å²) in [5.74, 6) is -9.84. The van der Waals surface area contributed by atoms with Gasteiger partial charge in [0.15, 0.2) is 11.9 Å². The Morgan fingerprint density at radius 3 is 1.07 bits per heavy atom. The van der Waals surface area contributed by atoms with E-state index in [1.807, 2.05) is 6.92 Å². The molecule has 0 aliphatic rings. The van der Waals surface area contributed by atoms with Crippen LogP contribution in [0.1, 0.15) is 110 Å². The molecule has 29 heteroatoms. The average molecular weight is 1010 g/mol. The fourth-order valence-electron chi connectivity index (χ4n) is 6.61. The van der Waals surface area contributed by atoms with Gasteiger partial charge in [-0.1, -0.05) is 20.3 Å². The van der Waals surface area contributed by atoms with Gasteiger partial charge in [-0.2, -0.15) is 0 Å². The predicted octanol–water partition coefficient (Wildman–Crippen LogP) is -6.63. The SMILES string of the molecule is CCC(C)C(N)C(=O)NC(CCCCN)C(=O)NC(CCCN=C(N)N)C(=O)NC(CCCCN)C(=O)NC(CCCN=C(N)N)C(=O)NC(CCC(N)=O)C(=O)NC(CCC(N)=O)C(=O)NCC(=O)O. The molecule has 0 rings (SSSR count). The van der Waals surface area contributed by atoms with Crippen molar-refractivity contribution in [1.29, 1.82) is 0 Å². The Morgan fingerprint density at radius 1 is 0.465 bits per heavy atom. The van der Waals surface area contributed by atoms with Crippen LogP contribution >= 0.6 is 0 Å². The molecule has 0 heterocycles. The molecule has 0 aliphatic heterocycles. The molecule has 9 amide bonds. The maximum absolute atomic E-state index is 14.2. The molecule has 0 spiro atoms. The fourth-order valence-corrected chi connectivity index (χ4v) is 6.61. The summed E-state index contributed by atoms with van der Waals surface area (Å²) in [6.07, 6.45) is 0.797. The number of carboxylic acids is 1. The average Bonchev–Trinajstić information content (AvgIpc) is 3.30. The van der Waals surface area contributed by atoms with Crippen LogP contribution in [-0.4, -0.2) is 151 Å². The predicted molar refractivity (Wildman–Crippen MR) is 262 cm³/mol. The van der Waals surface area contributed by atoms with Crippen LogP contribution in [-0.2, 0) is 47.9 Å². The van der Waals surface area contributed by atoms with Crippen LogP contribution in [0, 0.1) is 5.92 Å². The second-order valence-electron chi connectivity index (χ2n) is 16.9. The quantitative estimate of drug-likeness (QED) is 0.0155. The molecule has 26 N–H and O–H groups in total. The number of guanidine groups is 2. The molecule has 29 nitrogen and oxygen atoms in total. The topological polar surface area (TPSA) is 534 Å². The lowest BCUT2D eigenvalue weighted by Gasteiger charge is -2.28. The van der Waals surface area contributed by atoms with Crippen molar-refractivity contribution in [2.45, 2.75) is 152 Å². The number of aliphatic imine (C=N–C) groups is 2. The standard InChI is InChI=1S/C42H80N18O11/c1-3-23(2)33(47)40(71)60-25(11-5-7-19-44)36(67)57-26(12-8-20-52-41(48)49)37(68)55-24(10-4-6-18-43)35(66)56-27(13-9-21-53-42(50)51)38(69)59-29(15-17-31(46)62)39(70)58-28(14-16-30(45)61)34(65)54-22-32(63)64/h23-29,33H,3-22,43-44,47H2,1-2H3,(H2,45,61)(H2,46,62)(H,54,65)(H,55,68)(H,56,66)(H,57,67)(H,58,70)(H,59,69)(H,60,71)(H,63,64)(H4,48,49,52)(H4,50,51,53). The van der Waals surface area contributed by atoms with Crippen molar-refractivity contribution in [3.05, 3.63) is 0 Å². The summed E-state index contributed by atoms with van der Waals surface area (Å²) in [4.78, 5) is 138. The Balaban J connectivity index is 6.98. The lowest BCUT2D eigenvalue weighted by molar-refractivity contribution is -0.139. The lowest BCUT2D eigenvalue weighted by atomic mass is 9.98. The summed E-state index contributed by atoms with van der Waals surface area (Å²) < 4.78 is 0. The number of nitrogens with two attached hydrogens (primary N) is 9. The van der Waals surface area contributed by atoms with E-state index < -0.39 is 127 Å². The molecule has 0 aromatic rings. The van der Waals surface area contributed by atoms with Crippen molar-refractivity contribution in [3.8, 4) is 0 Å². The first-order valence-electron chi connectivity index (χ1n) is 23.6. The second-order valence-corrected chi connectivity index (χ2v) is 16.9. The van der Waals surface area contributed by atoms with Crippen molar-refractivity contribution < 1.29 is 53.1 Å². The number of primary amides is 2. The van der Waals surface area contributed by atoms with Gasteiger partial charge in [-0.25, -0.2) is 0 Å². The summed E-state index contributed by atoms with van der Waals surface area (Å²) in [5, 5.41) is 26.6. The van der Waals surface area contributed by atoms with Crippen LogP contribution in [0.25, 0.3) is 0 Å². The van der Waals surface area contributed by atoms with Gasteiger partial charge in [-0.15, -0.1) is 0 Å². The summed E-state index contributed by atoms with van der Waals surface area (Å²) in [5.41, 5.74) is 50.1. The van der Waals surface area contributed by atoms with E-state index in [0.29, 0.717) is 38.6 Å². The molecule has 0 bridgehead atoms. The summed E-state index contributed by atoms with van der Waals surface area (Å²) in [6.45, 7) is 3.40. The highest BCUT2D eigenvalue weighted by Crippen LogP contribution is 2.11. The zero-order chi connectivity index (χ0) is 54.1. The highest BCUT2D eigenvalue weighted by Gasteiger charge is 2.34. The maximum atomic E-state index is 14.2. The molecule has 71 heavy (non-hydrogen) atoms. The Morgan fingerprint density at radius 2 is 0.775 bits per heavy atom. The maximum Gasteiger partial charge on any atom is 0.322 e. The monoisotopic (exact) mass is 1010 g/mol. The van der Waals surface area contributed by atoms with Gasteiger partial charge in [0, 0.05) is 25.9 Å². The van der Waals surface area contributed by atoms with Gasteiger partial charge in [0.2, 0.25) is 53.2 Å². The third-order valence-electron chi connectivity index (χ3n) is 10.9. The Kier molecular flexibility index (Phi) is 32.6. The van der Waals surface area contributed by atoms with Crippen LogP contribution in [0.2, 0.25) is 0 Å². The number of unbranched alkanes of at least 4 members (excludes halogenated alkanes) is 2. The molecule has 404 valence electrons. The number of carbonyl (C=O) groups is 10. The van der Waals surface area contributed by atoms with Gasteiger partial charge < -0.3 is 93.9 Å². The summed E-state index contributed by atoms with van der Waals surface area (Å²) >= 11 is 0. The smallest absolute Gasteiger partial charge is 0.322 e. The zero-order valence-corrected chi connectivity index (χ0v) is 40.9. The number of nitrogens with zero attached hydrogens (tertiary/aromatic N) is 2. The molecule has 8 atom stereocenters. The zero-order valence-electron chi connectivity index (χ0n) is 40.9. The molecule has 0 fully saturated rings. The van der Waals surface area contributed by atoms with E-state index in [2.05, 4.69) is 47.2 Å². The number of carbonyl (C=O) groups excluding carboxylic acids is 9. The third-order valence-corrected chi connectivity index (χ3v) is 10.9. The minimum absolute atomic E-state index is 0.0165. The molecule has 0 aromatic heterocycles. The van der Waals surface area contributed by atoms with E-state index >= 15 is 0 Å². The van der Waals surface area contributed by atoms with Crippen LogP contribution in [0.3, 0.4) is 0 Å². The number of nitrogens with one attached hydrogen (secondary N) is 7. The minimum atomic E-state index is -1.60. The lowest BCUT2D eigenvalue weighted by Crippen LogP contribution is -2.60. The molecule has 0 aromatic carbocycles. The van der Waals surface area contributed by atoms with Crippen LogP contribution in [0.5, 0.6) is 0 Å². The second kappa shape index (κ2) is 36.1. The van der Waals surface area contributed by atoms with Gasteiger partial charge >= 0.3 is 5.97 Å². The number of amides is 9. The van der Waals surface area contributed by atoms with Crippen LogP contribution < -0.4 is 88.8 Å². The van der Waals surface area contributed by atoms with E-state index in [-0.39, 0.29) is 82.4 Å². The van der Waals surface area contributed by atoms with Gasteiger partial charge in [0.05, 0.1) is 6.04 Å². The Hall–Kier alpha value is -6.88. The molecular weight excluding hydrogens is 933 g/mol.